The average molecular weight is 355 g/mol. The van der Waals surface area contributed by atoms with Crippen LogP contribution in [-0.4, -0.2) is 35.6 Å². The molecule has 7 heteroatoms. The highest BCUT2D eigenvalue weighted by Gasteiger charge is 2.28. The summed E-state index contributed by atoms with van der Waals surface area (Å²) < 4.78 is 14.8. The molecular weight excluding hydrogens is 329 g/mol. The van der Waals surface area contributed by atoms with Crippen LogP contribution in [0.1, 0.15) is 44.5 Å². The molecule has 0 saturated carbocycles. The van der Waals surface area contributed by atoms with Gasteiger partial charge in [0.25, 0.3) is 6.65 Å². The third kappa shape index (κ3) is 5.79. The maximum Gasteiger partial charge on any atom is 0.293 e. The SMILES string of the molecule is CCC(C)SP(=O)(NC)N(C=Nc1ccc(C(C)=O)cc1)CC. The van der Waals surface area contributed by atoms with Gasteiger partial charge < -0.3 is 0 Å². The monoisotopic (exact) mass is 355 g/mol. The van der Waals surface area contributed by atoms with Gasteiger partial charge in [-0.2, -0.15) is 0 Å². The van der Waals surface area contributed by atoms with Crippen molar-refractivity contribution in [1.29, 1.82) is 0 Å². The van der Waals surface area contributed by atoms with E-state index in [0.29, 0.717) is 17.4 Å². The van der Waals surface area contributed by atoms with Gasteiger partial charge in [0.15, 0.2) is 5.78 Å². The van der Waals surface area contributed by atoms with E-state index in [9.17, 15) is 9.36 Å². The molecule has 1 N–H and O–H groups in total. The summed E-state index contributed by atoms with van der Waals surface area (Å²) in [5, 5.41) is 3.26. The van der Waals surface area contributed by atoms with Crippen molar-refractivity contribution in [2.75, 3.05) is 13.6 Å². The quantitative estimate of drug-likeness (QED) is 0.300. The van der Waals surface area contributed by atoms with E-state index in [1.54, 1.807) is 42.3 Å². The molecule has 2 unspecified atom stereocenters. The second-order valence-corrected chi connectivity index (χ2v) is 10.3. The molecule has 5 nitrogen and oxygen atoms in total. The molecule has 0 aliphatic rings. The molecule has 0 aliphatic heterocycles. The Hall–Kier alpha value is -1.10. The molecule has 0 fully saturated rings. The fourth-order valence-electron chi connectivity index (χ4n) is 1.81. The van der Waals surface area contributed by atoms with Crippen molar-refractivity contribution >= 4 is 35.8 Å². The predicted octanol–water partition coefficient (Wildman–Crippen LogP) is 4.73. The van der Waals surface area contributed by atoms with E-state index >= 15 is 0 Å². The topological polar surface area (TPSA) is 61.8 Å². The van der Waals surface area contributed by atoms with Crippen molar-refractivity contribution < 1.29 is 9.36 Å². The maximum absolute atomic E-state index is 13.1. The number of nitrogens with one attached hydrogen (secondary N) is 1. The molecular formula is C16H26N3O2PS. The van der Waals surface area contributed by atoms with Gasteiger partial charge in [-0.15, -0.1) is 0 Å². The zero-order valence-electron chi connectivity index (χ0n) is 14.4. The zero-order chi connectivity index (χ0) is 17.5. The van der Waals surface area contributed by atoms with Gasteiger partial charge in [0.05, 0.1) is 12.0 Å². The van der Waals surface area contributed by atoms with Gasteiger partial charge in [0.2, 0.25) is 0 Å². The van der Waals surface area contributed by atoms with E-state index in [1.807, 2.05) is 6.92 Å². The number of Topliss-reactive ketones (excluding diaryl/α,β-unsaturated/α-hetero) is 1. The third-order valence-electron chi connectivity index (χ3n) is 3.46. The molecule has 0 saturated heterocycles. The number of ketones is 1. The van der Waals surface area contributed by atoms with Gasteiger partial charge in [0, 0.05) is 17.4 Å². The Morgan fingerprint density at radius 3 is 2.43 bits per heavy atom. The van der Waals surface area contributed by atoms with Crippen LogP contribution in [0.4, 0.5) is 5.69 Å². The number of hydrogen-bond donors (Lipinski definition) is 1. The molecule has 1 rings (SSSR count). The number of rotatable bonds is 9. The molecule has 0 spiro atoms. The molecule has 1 aromatic rings. The fraction of sp³-hybridized carbons (Fsp3) is 0.500. The van der Waals surface area contributed by atoms with Crippen LogP contribution >= 0.6 is 18.0 Å². The van der Waals surface area contributed by atoms with Crippen molar-refractivity contribution in [3.8, 4) is 0 Å². The van der Waals surface area contributed by atoms with Crippen LogP contribution in [0.25, 0.3) is 0 Å². The Morgan fingerprint density at radius 2 is 2.00 bits per heavy atom. The summed E-state index contributed by atoms with van der Waals surface area (Å²) in [6, 6.07) is 7.06. The van der Waals surface area contributed by atoms with E-state index in [1.165, 1.54) is 18.3 Å². The first kappa shape index (κ1) is 19.9. The first-order chi connectivity index (χ1) is 10.9. The molecule has 1 aromatic carbocycles. The van der Waals surface area contributed by atoms with Crippen LogP contribution in [0, 0.1) is 0 Å². The summed E-state index contributed by atoms with van der Waals surface area (Å²) >= 11 is 1.46. The first-order valence-electron chi connectivity index (χ1n) is 7.76. The smallest absolute Gasteiger partial charge is 0.293 e. The standard InChI is InChI=1S/C16H26N3O2PS/c1-6-13(3)23-22(21,17-5)19(7-2)12-18-16-10-8-15(9-11-16)14(4)20/h8-13H,6-7H2,1-5H3,(H,17,21). The lowest BCUT2D eigenvalue weighted by Gasteiger charge is -2.29. The minimum atomic E-state index is -2.75. The van der Waals surface area contributed by atoms with Crippen LogP contribution in [0.5, 0.6) is 0 Å². The lowest BCUT2D eigenvalue weighted by atomic mass is 10.1. The predicted molar refractivity (Wildman–Crippen MR) is 101 cm³/mol. The lowest BCUT2D eigenvalue weighted by Crippen LogP contribution is -2.24. The Bertz CT molecular complexity index is 589. The van der Waals surface area contributed by atoms with Crippen LogP contribution < -0.4 is 5.09 Å². The van der Waals surface area contributed by atoms with Gasteiger partial charge in [-0.05, 0) is 51.6 Å². The highest BCUT2D eigenvalue weighted by Crippen LogP contribution is 2.59. The van der Waals surface area contributed by atoms with Crippen molar-refractivity contribution in [3.63, 3.8) is 0 Å². The Labute approximate surface area is 143 Å². The van der Waals surface area contributed by atoms with Gasteiger partial charge in [0.1, 0.15) is 0 Å². The highest BCUT2D eigenvalue weighted by atomic mass is 32.7. The van der Waals surface area contributed by atoms with Crippen molar-refractivity contribution in [2.45, 2.75) is 39.4 Å². The normalized spacial score (nSPS) is 15.3. The fourth-order valence-corrected chi connectivity index (χ4v) is 6.55. The molecule has 0 aliphatic carbocycles. The number of carbonyl (C=O) groups excluding carboxylic acids is 1. The average Bonchev–Trinajstić information content (AvgIpc) is 2.55. The van der Waals surface area contributed by atoms with Gasteiger partial charge >= 0.3 is 0 Å². The van der Waals surface area contributed by atoms with Crippen molar-refractivity contribution in [2.24, 2.45) is 4.99 Å². The molecule has 128 valence electrons. The van der Waals surface area contributed by atoms with E-state index in [4.69, 9.17) is 0 Å². The summed E-state index contributed by atoms with van der Waals surface area (Å²) in [4.78, 5) is 15.7. The van der Waals surface area contributed by atoms with Crippen molar-refractivity contribution in [1.82, 2.24) is 9.76 Å². The van der Waals surface area contributed by atoms with Crippen LogP contribution in [0.3, 0.4) is 0 Å². The highest BCUT2D eigenvalue weighted by molar-refractivity contribution is 8.57. The molecule has 0 aromatic heterocycles. The van der Waals surface area contributed by atoms with Gasteiger partial charge in [-0.25, -0.2) is 10.1 Å². The largest absolute Gasteiger partial charge is 0.295 e. The Morgan fingerprint density at radius 1 is 1.39 bits per heavy atom. The molecule has 0 bridgehead atoms. The van der Waals surface area contributed by atoms with E-state index in [-0.39, 0.29) is 5.78 Å². The van der Waals surface area contributed by atoms with E-state index < -0.39 is 6.65 Å². The first-order valence-corrected chi connectivity index (χ1v) is 10.9. The number of aliphatic imine (C=N–C) groups is 1. The minimum absolute atomic E-state index is 0.0281. The van der Waals surface area contributed by atoms with Crippen molar-refractivity contribution in [3.05, 3.63) is 29.8 Å². The summed E-state index contributed by atoms with van der Waals surface area (Å²) in [5.74, 6) is 0.0281. The van der Waals surface area contributed by atoms with Crippen LogP contribution in [0.15, 0.2) is 29.3 Å². The molecule has 0 heterocycles. The van der Waals surface area contributed by atoms with Gasteiger partial charge in [-0.1, -0.05) is 25.2 Å². The summed E-state index contributed by atoms with van der Waals surface area (Å²) in [5.41, 5.74) is 1.38. The number of carbonyl (C=O) groups is 1. The zero-order valence-corrected chi connectivity index (χ0v) is 16.2. The summed E-state index contributed by atoms with van der Waals surface area (Å²) in [7, 11) is 1.72. The second-order valence-electron chi connectivity index (χ2n) is 5.17. The molecule has 0 radical (unpaired) electrons. The Kier molecular flexibility index (Phi) is 8.03. The maximum atomic E-state index is 13.1. The Balaban J connectivity index is 2.92. The molecule has 2 atom stereocenters. The molecule has 0 amide bonds. The number of nitrogens with zero attached hydrogens (tertiary/aromatic N) is 2. The number of benzene rings is 1. The third-order valence-corrected chi connectivity index (χ3v) is 9.18. The number of hydrogen-bond acceptors (Lipinski definition) is 4. The van der Waals surface area contributed by atoms with Crippen LogP contribution in [-0.2, 0) is 4.57 Å². The van der Waals surface area contributed by atoms with E-state index in [2.05, 4.69) is 23.9 Å². The minimum Gasteiger partial charge on any atom is -0.295 e. The molecule has 23 heavy (non-hydrogen) atoms. The van der Waals surface area contributed by atoms with Crippen LogP contribution in [0.2, 0.25) is 0 Å². The summed E-state index contributed by atoms with van der Waals surface area (Å²) in [6.45, 7) is 5.48. The second kappa shape index (κ2) is 9.26. The lowest BCUT2D eigenvalue weighted by molar-refractivity contribution is 0.101. The van der Waals surface area contributed by atoms with Gasteiger partial charge in [-0.3, -0.25) is 14.0 Å². The van der Waals surface area contributed by atoms with E-state index in [0.717, 1.165) is 12.1 Å². The summed E-state index contributed by atoms with van der Waals surface area (Å²) in [6.07, 6.45) is 2.58.